The third-order valence-corrected chi connectivity index (χ3v) is 2.94. The van der Waals surface area contributed by atoms with Gasteiger partial charge in [0.25, 0.3) is 15.5 Å². The number of pyridine rings is 1. The molecule has 0 aliphatic carbocycles. The van der Waals surface area contributed by atoms with E-state index in [-0.39, 0.29) is 0 Å². The number of aromatic hydroxyl groups is 1. The van der Waals surface area contributed by atoms with Crippen LogP contribution >= 0.6 is 10.7 Å². The Balaban J connectivity index is 3.51. The minimum absolute atomic E-state index is 0.565. The van der Waals surface area contributed by atoms with Crippen molar-refractivity contribution in [3.05, 3.63) is 11.8 Å². The zero-order chi connectivity index (χ0) is 12.5. The molecule has 1 N–H and O–H groups in total. The maximum absolute atomic E-state index is 12.3. The largest absolute Gasteiger partial charge is 0.506 e. The van der Waals surface area contributed by atoms with Gasteiger partial charge in [-0.3, -0.25) is 0 Å². The van der Waals surface area contributed by atoms with Crippen LogP contribution < -0.4 is 4.74 Å². The molecule has 0 fully saturated rings. The number of alkyl halides is 2. The highest BCUT2D eigenvalue weighted by atomic mass is 35.7. The SMILES string of the molecule is COc1nc(C(F)F)c(O)cc1S(=O)(=O)Cl. The zero-order valence-corrected chi connectivity index (χ0v) is 9.39. The normalized spacial score (nSPS) is 11.8. The summed E-state index contributed by atoms with van der Waals surface area (Å²) in [7, 11) is 1.81. The van der Waals surface area contributed by atoms with Crippen LogP contribution in [0.5, 0.6) is 11.6 Å². The maximum atomic E-state index is 12.3. The predicted molar refractivity (Wildman–Crippen MR) is 50.4 cm³/mol. The molecule has 1 heterocycles. The lowest BCUT2D eigenvalue weighted by atomic mass is 10.3. The Hall–Kier alpha value is -1.15. The van der Waals surface area contributed by atoms with Crippen molar-refractivity contribution in [3.8, 4) is 11.6 Å². The Morgan fingerprint density at radius 1 is 1.56 bits per heavy atom. The Kier molecular flexibility index (Phi) is 3.54. The van der Waals surface area contributed by atoms with Gasteiger partial charge in [-0.05, 0) is 0 Å². The molecule has 1 aromatic heterocycles. The van der Waals surface area contributed by atoms with Crippen molar-refractivity contribution in [3.63, 3.8) is 0 Å². The number of aromatic nitrogens is 1. The van der Waals surface area contributed by atoms with E-state index in [0.717, 1.165) is 7.11 Å². The first-order chi connectivity index (χ1) is 7.27. The van der Waals surface area contributed by atoms with Crippen LogP contribution in [0.25, 0.3) is 0 Å². The molecule has 0 radical (unpaired) electrons. The average molecular weight is 274 g/mol. The summed E-state index contributed by atoms with van der Waals surface area (Å²) in [6.07, 6.45) is -3.05. The van der Waals surface area contributed by atoms with E-state index in [1.807, 2.05) is 0 Å². The van der Waals surface area contributed by atoms with Crippen LogP contribution in [0.3, 0.4) is 0 Å². The van der Waals surface area contributed by atoms with Crippen molar-refractivity contribution in [2.75, 3.05) is 7.11 Å². The molecule has 0 amide bonds. The summed E-state index contributed by atoms with van der Waals surface area (Å²) < 4.78 is 51.1. The van der Waals surface area contributed by atoms with Gasteiger partial charge in [0, 0.05) is 16.7 Å². The van der Waals surface area contributed by atoms with Crippen molar-refractivity contribution in [2.24, 2.45) is 0 Å². The molecule has 0 saturated heterocycles. The summed E-state index contributed by atoms with van der Waals surface area (Å²) in [5.74, 6) is -1.56. The minimum Gasteiger partial charge on any atom is -0.506 e. The minimum atomic E-state index is -4.23. The Labute approximate surface area is 94.1 Å². The van der Waals surface area contributed by atoms with Crippen LogP contribution in [0.15, 0.2) is 11.0 Å². The summed E-state index contributed by atoms with van der Waals surface area (Å²) in [5, 5.41) is 9.12. The molecule has 1 aromatic rings. The fourth-order valence-electron chi connectivity index (χ4n) is 0.963. The van der Waals surface area contributed by atoms with Crippen molar-refractivity contribution in [1.82, 2.24) is 4.98 Å². The van der Waals surface area contributed by atoms with Crippen molar-refractivity contribution in [2.45, 2.75) is 11.3 Å². The van der Waals surface area contributed by atoms with Crippen LogP contribution in [-0.2, 0) is 9.05 Å². The predicted octanol–water partition coefficient (Wildman–Crippen LogP) is 1.66. The monoisotopic (exact) mass is 273 g/mol. The summed E-state index contributed by atoms with van der Waals surface area (Å²) >= 11 is 0. The van der Waals surface area contributed by atoms with Gasteiger partial charge in [-0.2, -0.15) is 0 Å². The van der Waals surface area contributed by atoms with Crippen molar-refractivity contribution < 1.29 is 27.0 Å². The number of hydrogen-bond donors (Lipinski definition) is 1. The summed E-state index contributed by atoms with van der Waals surface area (Å²) in [6.45, 7) is 0. The van der Waals surface area contributed by atoms with Crippen LogP contribution in [0.2, 0.25) is 0 Å². The molecule has 0 aliphatic heterocycles. The number of methoxy groups -OCH3 is 1. The second kappa shape index (κ2) is 4.38. The van der Waals surface area contributed by atoms with E-state index in [9.17, 15) is 17.2 Å². The highest BCUT2D eigenvalue weighted by Crippen LogP contribution is 2.34. The average Bonchev–Trinajstić information content (AvgIpc) is 2.15. The molecular formula is C7H6ClF2NO4S. The summed E-state index contributed by atoms with van der Waals surface area (Å²) in [6, 6.07) is 0.565. The first-order valence-corrected chi connectivity index (χ1v) is 6.09. The van der Waals surface area contributed by atoms with Gasteiger partial charge >= 0.3 is 0 Å². The fourth-order valence-corrected chi connectivity index (χ4v) is 1.88. The van der Waals surface area contributed by atoms with Gasteiger partial charge in [0.2, 0.25) is 5.88 Å². The molecule has 5 nitrogen and oxygen atoms in total. The number of hydrogen-bond acceptors (Lipinski definition) is 5. The summed E-state index contributed by atoms with van der Waals surface area (Å²) in [5.41, 5.74) is -0.971. The van der Waals surface area contributed by atoms with Crippen molar-refractivity contribution >= 4 is 19.7 Å². The first kappa shape index (κ1) is 12.9. The van der Waals surface area contributed by atoms with E-state index in [1.165, 1.54) is 0 Å². The lowest BCUT2D eigenvalue weighted by molar-refractivity contribution is 0.140. The van der Waals surface area contributed by atoms with Gasteiger partial charge in [0.15, 0.2) is 5.69 Å². The molecule has 0 bridgehead atoms. The van der Waals surface area contributed by atoms with E-state index in [1.54, 1.807) is 0 Å². The molecule has 0 saturated carbocycles. The second-order valence-corrected chi connectivity index (χ2v) is 5.17. The lowest BCUT2D eigenvalue weighted by Crippen LogP contribution is -2.02. The highest BCUT2D eigenvalue weighted by molar-refractivity contribution is 8.13. The molecule has 0 atom stereocenters. The Bertz CT molecular complexity index is 505. The van der Waals surface area contributed by atoms with Gasteiger partial charge in [-0.1, -0.05) is 0 Å². The molecule has 9 heteroatoms. The highest BCUT2D eigenvalue weighted by Gasteiger charge is 2.24. The third kappa shape index (κ3) is 2.50. The molecule has 16 heavy (non-hydrogen) atoms. The van der Waals surface area contributed by atoms with Gasteiger partial charge in [0.05, 0.1) is 7.11 Å². The van der Waals surface area contributed by atoms with Gasteiger partial charge in [-0.25, -0.2) is 22.2 Å². The van der Waals surface area contributed by atoms with E-state index < -0.39 is 37.7 Å². The zero-order valence-electron chi connectivity index (χ0n) is 7.82. The van der Waals surface area contributed by atoms with E-state index in [2.05, 4.69) is 9.72 Å². The number of rotatable bonds is 3. The topological polar surface area (TPSA) is 76.5 Å². The Morgan fingerprint density at radius 2 is 2.12 bits per heavy atom. The molecule has 0 aliphatic rings. The molecular weight excluding hydrogens is 268 g/mol. The number of ether oxygens (including phenoxy) is 1. The summed E-state index contributed by atoms with van der Waals surface area (Å²) in [4.78, 5) is 2.50. The van der Waals surface area contributed by atoms with Gasteiger partial charge in [0.1, 0.15) is 10.6 Å². The number of nitrogens with zero attached hydrogens (tertiary/aromatic N) is 1. The first-order valence-electron chi connectivity index (χ1n) is 3.78. The molecule has 0 spiro atoms. The van der Waals surface area contributed by atoms with E-state index >= 15 is 0 Å². The van der Waals surface area contributed by atoms with Crippen LogP contribution in [0, 0.1) is 0 Å². The number of halogens is 3. The Morgan fingerprint density at radius 3 is 2.50 bits per heavy atom. The second-order valence-electron chi connectivity index (χ2n) is 2.64. The van der Waals surface area contributed by atoms with Crippen LogP contribution in [0.1, 0.15) is 12.1 Å². The van der Waals surface area contributed by atoms with Crippen LogP contribution in [0.4, 0.5) is 8.78 Å². The van der Waals surface area contributed by atoms with E-state index in [4.69, 9.17) is 15.8 Å². The molecule has 0 unspecified atom stereocenters. The molecule has 90 valence electrons. The van der Waals surface area contributed by atoms with Crippen molar-refractivity contribution in [1.29, 1.82) is 0 Å². The van der Waals surface area contributed by atoms with E-state index in [0.29, 0.717) is 6.07 Å². The van der Waals surface area contributed by atoms with Gasteiger partial charge < -0.3 is 9.84 Å². The third-order valence-electron chi connectivity index (χ3n) is 1.63. The molecule has 1 rings (SSSR count). The molecule has 0 aromatic carbocycles. The quantitative estimate of drug-likeness (QED) is 0.848. The van der Waals surface area contributed by atoms with Crippen LogP contribution in [-0.4, -0.2) is 25.6 Å². The maximum Gasteiger partial charge on any atom is 0.284 e. The lowest BCUT2D eigenvalue weighted by Gasteiger charge is -2.08. The fraction of sp³-hybridized carbons (Fsp3) is 0.286. The van der Waals surface area contributed by atoms with Gasteiger partial charge in [-0.15, -0.1) is 0 Å². The smallest absolute Gasteiger partial charge is 0.284 e. The standard InChI is InChI=1S/C7H6ClF2NO4S/c1-15-7-4(16(8,13)14)2-3(12)5(11-7)6(9)10/h2,6,12H,1H3.